The molecule has 1 aliphatic rings. The molecule has 1 N–H and O–H groups in total. The summed E-state index contributed by atoms with van der Waals surface area (Å²) >= 11 is 0. The molecule has 0 aromatic heterocycles. The molecule has 23 heavy (non-hydrogen) atoms. The van der Waals surface area contributed by atoms with Crippen LogP contribution in [0.3, 0.4) is 0 Å². The highest BCUT2D eigenvalue weighted by Gasteiger charge is 2.38. The van der Waals surface area contributed by atoms with Gasteiger partial charge in [-0.25, -0.2) is 4.79 Å². The van der Waals surface area contributed by atoms with E-state index in [0.717, 1.165) is 12.8 Å². The Morgan fingerprint density at radius 1 is 1.30 bits per heavy atom. The first-order valence-corrected chi connectivity index (χ1v) is 8.28. The van der Waals surface area contributed by atoms with Gasteiger partial charge in [-0.05, 0) is 39.2 Å². The maximum absolute atomic E-state index is 12.5. The lowest BCUT2D eigenvalue weighted by molar-refractivity contribution is -0.130. The van der Waals surface area contributed by atoms with Crippen LogP contribution < -0.4 is 5.32 Å². The molecular formula is C18H27N3O2. The fraction of sp³-hybridized carbons (Fsp3) is 0.556. The van der Waals surface area contributed by atoms with Crippen molar-refractivity contribution in [3.63, 3.8) is 0 Å². The van der Waals surface area contributed by atoms with E-state index in [1.807, 2.05) is 32.0 Å². The number of hydrogen-bond donors (Lipinski definition) is 1. The second-order valence-corrected chi connectivity index (χ2v) is 6.53. The zero-order valence-corrected chi connectivity index (χ0v) is 14.5. The minimum atomic E-state index is -0.362. The van der Waals surface area contributed by atoms with Crippen LogP contribution in [0.5, 0.6) is 0 Å². The summed E-state index contributed by atoms with van der Waals surface area (Å²) in [6.07, 6.45) is 1.92. The van der Waals surface area contributed by atoms with Gasteiger partial charge in [-0.1, -0.05) is 30.3 Å². The van der Waals surface area contributed by atoms with Crippen LogP contribution in [-0.4, -0.2) is 53.5 Å². The summed E-state index contributed by atoms with van der Waals surface area (Å²) < 4.78 is 0. The third-order valence-electron chi connectivity index (χ3n) is 4.36. The van der Waals surface area contributed by atoms with Gasteiger partial charge in [0, 0.05) is 19.6 Å². The number of urea groups is 1. The molecule has 126 valence electrons. The first kappa shape index (κ1) is 17.5. The molecule has 1 aromatic carbocycles. The summed E-state index contributed by atoms with van der Waals surface area (Å²) in [6, 6.07) is 9.89. The second-order valence-electron chi connectivity index (χ2n) is 6.53. The van der Waals surface area contributed by atoms with Crippen molar-refractivity contribution in [2.24, 2.45) is 0 Å². The minimum Gasteiger partial charge on any atom is -0.325 e. The van der Waals surface area contributed by atoms with Gasteiger partial charge in [0.25, 0.3) is 0 Å². The van der Waals surface area contributed by atoms with Crippen molar-refractivity contribution in [1.82, 2.24) is 15.1 Å². The topological polar surface area (TPSA) is 52.7 Å². The highest BCUT2D eigenvalue weighted by atomic mass is 16.2. The Labute approximate surface area is 138 Å². The van der Waals surface area contributed by atoms with E-state index in [0.29, 0.717) is 6.54 Å². The molecule has 0 saturated carbocycles. The molecule has 0 radical (unpaired) electrons. The summed E-state index contributed by atoms with van der Waals surface area (Å²) in [6.45, 7) is 6.42. The van der Waals surface area contributed by atoms with Gasteiger partial charge in [-0.15, -0.1) is 0 Å². The van der Waals surface area contributed by atoms with Crippen molar-refractivity contribution in [3.05, 3.63) is 35.9 Å². The highest BCUT2D eigenvalue weighted by molar-refractivity contribution is 5.98. The summed E-state index contributed by atoms with van der Waals surface area (Å²) in [5.74, 6) is -0.140. The van der Waals surface area contributed by atoms with E-state index in [1.54, 1.807) is 11.9 Å². The number of amides is 3. The Hall–Kier alpha value is -1.88. The van der Waals surface area contributed by atoms with Crippen molar-refractivity contribution in [2.75, 3.05) is 13.6 Å². The molecule has 0 bridgehead atoms. The number of carbonyl (C=O) groups excluding carboxylic acids is 2. The largest absolute Gasteiger partial charge is 0.326 e. The monoisotopic (exact) mass is 317 g/mol. The highest BCUT2D eigenvalue weighted by Crippen LogP contribution is 2.15. The van der Waals surface area contributed by atoms with Crippen molar-refractivity contribution < 1.29 is 9.59 Å². The summed E-state index contributed by atoms with van der Waals surface area (Å²) in [5, 5.41) is 3.32. The Morgan fingerprint density at radius 2 is 1.96 bits per heavy atom. The molecule has 3 unspecified atom stereocenters. The molecule has 5 nitrogen and oxygen atoms in total. The second kappa shape index (κ2) is 7.59. The normalized spacial score (nSPS) is 20.7. The van der Waals surface area contributed by atoms with Crippen molar-refractivity contribution in [3.8, 4) is 0 Å². The molecule has 0 spiro atoms. The van der Waals surface area contributed by atoms with Gasteiger partial charge in [0.2, 0.25) is 5.91 Å². The van der Waals surface area contributed by atoms with Crippen LogP contribution >= 0.6 is 0 Å². The third-order valence-corrected chi connectivity index (χ3v) is 4.36. The van der Waals surface area contributed by atoms with Gasteiger partial charge in [0.05, 0.1) is 12.1 Å². The van der Waals surface area contributed by atoms with E-state index >= 15 is 0 Å². The van der Waals surface area contributed by atoms with Gasteiger partial charge in [0.15, 0.2) is 0 Å². The number of carbonyl (C=O) groups is 2. The van der Waals surface area contributed by atoms with Gasteiger partial charge >= 0.3 is 6.03 Å². The van der Waals surface area contributed by atoms with E-state index in [-0.39, 0.29) is 30.1 Å². The van der Waals surface area contributed by atoms with E-state index in [1.165, 1.54) is 10.5 Å². The van der Waals surface area contributed by atoms with Crippen LogP contribution in [-0.2, 0) is 11.2 Å². The van der Waals surface area contributed by atoms with Crippen LogP contribution in [0, 0.1) is 0 Å². The van der Waals surface area contributed by atoms with Crippen molar-refractivity contribution >= 4 is 11.9 Å². The average molecular weight is 317 g/mol. The fourth-order valence-corrected chi connectivity index (χ4v) is 3.06. The van der Waals surface area contributed by atoms with Crippen LogP contribution in [0.15, 0.2) is 30.3 Å². The minimum absolute atomic E-state index is 0.0659. The van der Waals surface area contributed by atoms with E-state index in [4.69, 9.17) is 0 Å². The summed E-state index contributed by atoms with van der Waals surface area (Å²) in [4.78, 5) is 27.6. The lowest BCUT2D eigenvalue weighted by atomic mass is 10.1. The number of likely N-dealkylation sites (N-methyl/N-ethyl adjacent to an activating group) is 1. The zero-order valence-electron chi connectivity index (χ0n) is 14.5. The van der Waals surface area contributed by atoms with Gasteiger partial charge in [-0.3, -0.25) is 9.69 Å². The van der Waals surface area contributed by atoms with E-state index in [9.17, 15) is 9.59 Å². The predicted molar refractivity (Wildman–Crippen MR) is 91.2 cm³/mol. The fourth-order valence-electron chi connectivity index (χ4n) is 3.06. The molecule has 1 saturated heterocycles. The average Bonchev–Trinajstić information content (AvgIpc) is 2.78. The standard InChI is InChI=1S/C18H27N3O2/c1-13(10-11-16-8-6-5-7-9-16)19-15(3)17(22)21-14(2)12-20(4)18(21)23/h5-9,13-15,19H,10-12H2,1-4H3. The van der Waals surface area contributed by atoms with E-state index < -0.39 is 0 Å². The number of nitrogens with one attached hydrogen (secondary N) is 1. The van der Waals surface area contributed by atoms with Crippen molar-refractivity contribution in [2.45, 2.75) is 51.7 Å². The van der Waals surface area contributed by atoms with E-state index in [2.05, 4.69) is 24.4 Å². The lowest BCUT2D eigenvalue weighted by Gasteiger charge is -2.25. The number of imide groups is 1. The number of benzene rings is 1. The molecule has 3 atom stereocenters. The number of aryl methyl sites for hydroxylation is 1. The Balaban J connectivity index is 1.84. The molecule has 2 rings (SSSR count). The molecule has 5 heteroatoms. The third kappa shape index (κ3) is 4.32. The summed E-state index contributed by atoms with van der Waals surface area (Å²) in [5.41, 5.74) is 1.30. The smallest absolute Gasteiger partial charge is 0.325 e. The molecule has 0 aliphatic carbocycles. The SMILES string of the molecule is CC(CCc1ccccc1)NC(C)C(=O)N1C(=O)N(C)CC1C. The molecular weight excluding hydrogens is 290 g/mol. The van der Waals surface area contributed by atoms with Crippen LogP contribution in [0.25, 0.3) is 0 Å². The Morgan fingerprint density at radius 3 is 2.52 bits per heavy atom. The Bertz CT molecular complexity index is 546. The molecule has 3 amide bonds. The first-order chi connectivity index (χ1) is 10.9. The summed E-state index contributed by atoms with van der Waals surface area (Å²) in [7, 11) is 1.73. The molecule has 1 fully saturated rings. The molecule has 1 aliphatic heterocycles. The quantitative estimate of drug-likeness (QED) is 0.876. The van der Waals surface area contributed by atoms with Crippen molar-refractivity contribution in [1.29, 1.82) is 0 Å². The first-order valence-electron chi connectivity index (χ1n) is 8.28. The van der Waals surface area contributed by atoms with Crippen LogP contribution in [0.4, 0.5) is 4.79 Å². The van der Waals surface area contributed by atoms with Crippen LogP contribution in [0.1, 0.15) is 32.8 Å². The molecule has 1 heterocycles. The number of hydrogen-bond acceptors (Lipinski definition) is 3. The lowest BCUT2D eigenvalue weighted by Crippen LogP contribution is -2.50. The maximum atomic E-state index is 12.5. The Kier molecular flexibility index (Phi) is 5.77. The van der Waals surface area contributed by atoms with Gasteiger partial charge in [0.1, 0.15) is 0 Å². The number of rotatable bonds is 6. The van der Waals surface area contributed by atoms with Gasteiger partial charge in [-0.2, -0.15) is 0 Å². The zero-order chi connectivity index (χ0) is 17.0. The van der Waals surface area contributed by atoms with Crippen LogP contribution in [0.2, 0.25) is 0 Å². The maximum Gasteiger partial charge on any atom is 0.326 e. The predicted octanol–water partition coefficient (Wildman–Crippen LogP) is 2.27. The molecule has 1 aromatic rings. The number of nitrogens with zero attached hydrogens (tertiary/aromatic N) is 2. The van der Waals surface area contributed by atoms with Gasteiger partial charge < -0.3 is 10.2 Å².